The Kier molecular flexibility index (Phi) is 12.8. The number of benzene rings is 1. The predicted octanol–water partition coefficient (Wildman–Crippen LogP) is -0.0208. The van der Waals surface area contributed by atoms with Crippen molar-refractivity contribution in [3.63, 3.8) is 0 Å². The molecule has 1 rings (SSSR count). The Morgan fingerprint density at radius 2 is 1.51 bits per heavy atom. The molecule has 7 N–H and O–H groups in total. The second-order valence-corrected chi connectivity index (χ2v) is 9.35. The molecule has 0 fully saturated rings. The fourth-order valence-electron chi connectivity index (χ4n) is 3.14. The van der Waals surface area contributed by atoms with E-state index in [9.17, 15) is 34.2 Å². The average Bonchev–Trinajstić information content (AvgIpc) is 2.79. The lowest BCUT2D eigenvalue weighted by atomic mass is 10.0. The Labute approximate surface area is 208 Å². The summed E-state index contributed by atoms with van der Waals surface area (Å²) >= 11 is 1.52. The van der Waals surface area contributed by atoms with Crippen LogP contribution >= 0.6 is 11.8 Å². The second kappa shape index (κ2) is 15.0. The average molecular weight is 511 g/mol. The van der Waals surface area contributed by atoms with Gasteiger partial charge in [0.2, 0.25) is 17.7 Å². The highest BCUT2D eigenvalue weighted by Crippen LogP contribution is 2.08. The Morgan fingerprint density at radius 3 is 2.03 bits per heavy atom. The first kappa shape index (κ1) is 29.9. The van der Waals surface area contributed by atoms with Crippen molar-refractivity contribution in [1.29, 1.82) is 0 Å². The van der Waals surface area contributed by atoms with Crippen LogP contribution in [0, 0.1) is 5.92 Å². The van der Waals surface area contributed by atoms with Crippen molar-refractivity contribution in [3.8, 4) is 0 Å². The molecule has 0 bridgehead atoms. The highest BCUT2D eigenvalue weighted by atomic mass is 32.2. The van der Waals surface area contributed by atoms with Crippen molar-refractivity contribution in [2.24, 2.45) is 11.7 Å². The van der Waals surface area contributed by atoms with Crippen LogP contribution in [0.4, 0.5) is 0 Å². The highest BCUT2D eigenvalue weighted by molar-refractivity contribution is 7.98. The third-order valence-corrected chi connectivity index (χ3v) is 5.77. The summed E-state index contributed by atoms with van der Waals surface area (Å²) in [7, 11) is 0. The summed E-state index contributed by atoms with van der Waals surface area (Å²) in [5, 5.41) is 26.0. The van der Waals surface area contributed by atoms with Crippen molar-refractivity contribution in [3.05, 3.63) is 35.9 Å². The third kappa shape index (κ3) is 10.8. The number of carboxylic acid groups (broad SMARTS) is 2. The van der Waals surface area contributed by atoms with Gasteiger partial charge in [-0.1, -0.05) is 44.2 Å². The van der Waals surface area contributed by atoms with E-state index in [1.165, 1.54) is 11.8 Å². The van der Waals surface area contributed by atoms with Gasteiger partial charge in [-0.2, -0.15) is 11.8 Å². The number of hydrogen-bond acceptors (Lipinski definition) is 7. The van der Waals surface area contributed by atoms with Gasteiger partial charge >= 0.3 is 11.9 Å². The summed E-state index contributed by atoms with van der Waals surface area (Å²) in [6.45, 7) is 3.34. The number of thioether (sulfide) groups is 1. The van der Waals surface area contributed by atoms with E-state index < -0.39 is 66.2 Å². The summed E-state index contributed by atoms with van der Waals surface area (Å²) in [5.41, 5.74) is 6.51. The van der Waals surface area contributed by atoms with Gasteiger partial charge in [0.25, 0.3) is 0 Å². The first-order valence-electron chi connectivity index (χ1n) is 11.1. The Hall–Kier alpha value is -3.12. The molecule has 4 atom stereocenters. The molecule has 35 heavy (non-hydrogen) atoms. The number of nitrogens with one attached hydrogen (secondary N) is 3. The van der Waals surface area contributed by atoms with Crippen LogP contribution in [0.3, 0.4) is 0 Å². The summed E-state index contributed by atoms with van der Waals surface area (Å²) in [4.78, 5) is 61.1. The summed E-state index contributed by atoms with van der Waals surface area (Å²) in [6.07, 6.45) is 1.47. The molecule has 1 aromatic carbocycles. The Bertz CT molecular complexity index is 882. The van der Waals surface area contributed by atoms with Crippen molar-refractivity contribution < 1.29 is 34.2 Å². The minimum absolute atomic E-state index is 0.0335. The predicted molar refractivity (Wildman–Crippen MR) is 132 cm³/mol. The smallest absolute Gasteiger partial charge is 0.326 e. The van der Waals surface area contributed by atoms with Gasteiger partial charge in [0.15, 0.2) is 0 Å². The molecule has 12 heteroatoms. The zero-order chi connectivity index (χ0) is 26.5. The van der Waals surface area contributed by atoms with E-state index >= 15 is 0 Å². The molecule has 0 aliphatic carbocycles. The number of carbonyl (C=O) groups is 5. The van der Waals surface area contributed by atoms with E-state index in [0.29, 0.717) is 17.7 Å². The Balaban J connectivity index is 2.95. The van der Waals surface area contributed by atoms with E-state index in [1.807, 2.05) is 6.26 Å². The van der Waals surface area contributed by atoms with E-state index in [-0.39, 0.29) is 6.42 Å². The largest absolute Gasteiger partial charge is 0.481 e. The van der Waals surface area contributed by atoms with Gasteiger partial charge in [-0.05, 0) is 29.9 Å². The fourth-order valence-corrected chi connectivity index (χ4v) is 3.63. The zero-order valence-electron chi connectivity index (χ0n) is 20.0. The molecule has 194 valence electrons. The fraction of sp³-hybridized carbons (Fsp3) is 0.522. The molecule has 0 aliphatic rings. The minimum Gasteiger partial charge on any atom is -0.481 e. The van der Waals surface area contributed by atoms with Crippen LogP contribution < -0.4 is 21.7 Å². The van der Waals surface area contributed by atoms with Crippen LogP contribution in [0.1, 0.15) is 32.3 Å². The molecular weight excluding hydrogens is 476 g/mol. The van der Waals surface area contributed by atoms with Crippen molar-refractivity contribution in [2.45, 2.75) is 57.3 Å². The van der Waals surface area contributed by atoms with Crippen LogP contribution in [-0.2, 0) is 30.4 Å². The topological polar surface area (TPSA) is 188 Å². The van der Waals surface area contributed by atoms with Gasteiger partial charge < -0.3 is 31.9 Å². The standard InChI is InChI=1S/C23H34N4O7S/c1-13(2)19(27-20(30)15(24)9-10-35-3)22(32)25-16(12-18(28)29)21(31)26-17(23(33)34)11-14-7-5-4-6-8-14/h4-8,13,15-17,19H,9-12,24H2,1-3H3,(H,25,32)(H,26,31)(H,27,30)(H,28,29)(H,33,34). The number of rotatable bonds is 15. The third-order valence-electron chi connectivity index (χ3n) is 5.13. The number of aliphatic carboxylic acids is 2. The van der Waals surface area contributed by atoms with Crippen LogP contribution in [-0.4, -0.2) is 76.0 Å². The van der Waals surface area contributed by atoms with Gasteiger partial charge in [-0.3, -0.25) is 19.2 Å². The molecule has 0 aliphatic heterocycles. The maximum absolute atomic E-state index is 12.9. The maximum atomic E-state index is 12.9. The van der Waals surface area contributed by atoms with E-state index in [0.717, 1.165) is 0 Å². The minimum atomic E-state index is -1.55. The van der Waals surface area contributed by atoms with Crippen molar-refractivity contribution >= 4 is 41.4 Å². The van der Waals surface area contributed by atoms with Crippen LogP contribution in [0.2, 0.25) is 0 Å². The first-order valence-corrected chi connectivity index (χ1v) is 12.5. The lowest BCUT2D eigenvalue weighted by Crippen LogP contribution is -2.59. The number of amides is 3. The molecule has 3 amide bonds. The summed E-state index contributed by atoms with van der Waals surface area (Å²) in [6, 6.07) is 3.78. The van der Waals surface area contributed by atoms with Crippen LogP contribution in [0.15, 0.2) is 30.3 Å². The first-order chi connectivity index (χ1) is 16.5. The van der Waals surface area contributed by atoms with Gasteiger partial charge in [-0.25, -0.2) is 4.79 Å². The monoisotopic (exact) mass is 510 g/mol. The zero-order valence-corrected chi connectivity index (χ0v) is 20.8. The molecule has 4 unspecified atom stereocenters. The number of carboxylic acids is 2. The van der Waals surface area contributed by atoms with E-state index in [1.54, 1.807) is 44.2 Å². The van der Waals surface area contributed by atoms with Gasteiger partial charge in [0.05, 0.1) is 12.5 Å². The van der Waals surface area contributed by atoms with Gasteiger partial charge in [-0.15, -0.1) is 0 Å². The second-order valence-electron chi connectivity index (χ2n) is 8.37. The van der Waals surface area contributed by atoms with Crippen molar-refractivity contribution in [2.75, 3.05) is 12.0 Å². The number of hydrogen-bond donors (Lipinski definition) is 6. The SMILES string of the molecule is CSCCC(N)C(=O)NC(C(=O)NC(CC(=O)O)C(=O)NC(Cc1ccccc1)C(=O)O)C(C)C. The van der Waals surface area contributed by atoms with E-state index in [4.69, 9.17) is 5.73 Å². The molecule has 0 radical (unpaired) electrons. The summed E-state index contributed by atoms with van der Waals surface area (Å²) < 4.78 is 0. The highest BCUT2D eigenvalue weighted by Gasteiger charge is 2.32. The molecule has 0 saturated carbocycles. The van der Waals surface area contributed by atoms with Gasteiger partial charge in [0.1, 0.15) is 18.1 Å². The molecule has 1 aromatic rings. The molecule has 0 spiro atoms. The lowest BCUT2D eigenvalue weighted by Gasteiger charge is -2.26. The lowest BCUT2D eigenvalue weighted by molar-refractivity contribution is -0.143. The van der Waals surface area contributed by atoms with E-state index in [2.05, 4.69) is 16.0 Å². The Morgan fingerprint density at radius 1 is 0.914 bits per heavy atom. The molecule has 0 heterocycles. The van der Waals surface area contributed by atoms with Crippen LogP contribution in [0.25, 0.3) is 0 Å². The summed E-state index contributed by atoms with van der Waals surface area (Å²) in [5.74, 6) is -4.71. The quantitative estimate of drug-likeness (QED) is 0.188. The molecule has 11 nitrogen and oxygen atoms in total. The molecular formula is C23H34N4O7S. The normalized spacial score (nSPS) is 14.3. The molecule has 0 aromatic heterocycles. The maximum Gasteiger partial charge on any atom is 0.326 e. The van der Waals surface area contributed by atoms with Crippen molar-refractivity contribution in [1.82, 2.24) is 16.0 Å². The number of nitrogens with two attached hydrogens (primary N) is 1. The number of carbonyl (C=O) groups excluding carboxylic acids is 3. The molecule has 0 saturated heterocycles. The van der Waals surface area contributed by atoms with Gasteiger partial charge in [0, 0.05) is 6.42 Å². The van der Waals surface area contributed by atoms with Crippen LogP contribution in [0.5, 0.6) is 0 Å².